The maximum Gasteiger partial charge on any atom is 0.237 e. The van der Waals surface area contributed by atoms with E-state index in [4.69, 9.17) is 26.9 Å². The van der Waals surface area contributed by atoms with E-state index in [0.29, 0.717) is 6.61 Å². The third-order valence-corrected chi connectivity index (χ3v) is 6.88. The molecule has 1 saturated carbocycles. The molecule has 0 bridgehead atoms. The number of benzene rings is 1. The molecule has 0 amide bonds. The Morgan fingerprint density at radius 3 is 2.36 bits per heavy atom. The monoisotopic (exact) mass is 358 g/mol. The summed E-state index contributed by atoms with van der Waals surface area (Å²) in [6, 6.07) is 9.65. The molecule has 0 atom stereocenters. The molecule has 1 aromatic carbocycles. The van der Waals surface area contributed by atoms with Crippen molar-refractivity contribution in [1.29, 1.82) is 0 Å². The SMILES string of the molecule is CCC[C@H]1CC[C@H](c2ccc(OCCC[SiH](Cl)Cl)cc2)CC1. The van der Waals surface area contributed by atoms with Gasteiger partial charge in [0, 0.05) is 0 Å². The predicted molar refractivity (Wildman–Crippen MR) is 99.8 cm³/mol. The third kappa shape index (κ3) is 6.14. The van der Waals surface area contributed by atoms with E-state index < -0.39 is 7.42 Å². The highest BCUT2D eigenvalue weighted by Crippen LogP contribution is 2.37. The van der Waals surface area contributed by atoms with Crippen LogP contribution in [0.1, 0.15) is 63.4 Å². The Labute approximate surface area is 146 Å². The number of hydrogen-bond acceptors (Lipinski definition) is 1. The van der Waals surface area contributed by atoms with Crippen LogP contribution in [0.25, 0.3) is 0 Å². The molecule has 1 aromatic rings. The molecule has 0 aliphatic heterocycles. The van der Waals surface area contributed by atoms with Gasteiger partial charge < -0.3 is 4.74 Å². The van der Waals surface area contributed by atoms with Crippen molar-refractivity contribution in [1.82, 2.24) is 0 Å². The van der Waals surface area contributed by atoms with Crippen molar-refractivity contribution in [3.63, 3.8) is 0 Å². The quantitative estimate of drug-likeness (QED) is 0.304. The van der Waals surface area contributed by atoms with Crippen molar-refractivity contribution in [3.05, 3.63) is 29.8 Å². The minimum absolute atomic E-state index is 0.713. The van der Waals surface area contributed by atoms with Gasteiger partial charge in [-0.25, -0.2) is 0 Å². The fourth-order valence-electron chi connectivity index (χ4n) is 3.46. The number of halogens is 2. The van der Waals surface area contributed by atoms with Gasteiger partial charge in [0.2, 0.25) is 7.42 Å². The molecule has 1 aliphatic carbocycles. The summed E-state index contributed by atoms with van der Waals surface area (Å²) < 4.78 is 5.75. The number of ether oxygens (including phenoxy) is 1. The molecule has 1 aliphatic rings. The van der Waals surface area contributed by atoms with E-state index in [-0.39, 0.29) is 0 Å². The molecule has 0 aromatic heterocycles. The van der Waals surface area contributed by atoms with Crippen molar-refractivity contribution >= 4 is 29.6 Å². The lowest BCUT2D eigenvalue weighted by atomic mass is 9.77. The van der Waals surface area contributed by atoms with Crippen LogP contribution in [0.15, 0.2) is 24.3 Å². The van der Waals surface area contributed by atoms with E-state index >= 15 is 0 Å². The molecule has 0 N–H and O–H groups in total. The van der Waals surface area contributed by atoms with Crippen molar-refractivity contribution in [2.45, 2.75) is 63.8 Å². The Kier molecular flexibility index (Phi) is 8.13. The summed E-state index contributed by atoms with van der Waals surface area (Å²) in [4.78, 5) is 0. The van der Waals surface area contributed by atoms with Crippen molar-refractivity contribution in [2.24, 2.45) is 5.92 Å². The molecule has 0 heterocycles. The summed E-state index contributed by atoms with van der Waals surface area (Å²) >= 11 is 11.7. The van der Waals surface area contributed by atoms with E-state index in [9.17, 15) is 0 Å². The van der Waals surface area contributed by atoms with Crippen LogP contribution in [0, 0.1) is 5.92 Å². The Bertz CT molecular complexity index is 414. The Balaban J connectivity index is 1.75. The van der Waals surface area contributed by atoms with E-state index in [2.05, 4.69) is 31.2 Å². The smallest absolute Gasteiger partial charge is 0.237 e. The van der Waals surface area contributed by atoms with Gasteiger partial charge in [0.25, 0.3) is 0 Å². The van der Waals surface area contributed by atoms with Crippen molar-refractivity contribution in [2.75, 3.05) is 6.61 Å². The normalized spacial score (nSPS) is 22.0. The van der Waals surface area contributed by atoms with E-state index in [0.717, 1.165) is 30.1 Å². The Hall–Kier alpha value is -0.183. The standard InChI is InChI=1S/C18H28Cl2OSi/c1-2-4-15-5-7-16(8-6-15)17-9-11-18(12-10-17)21-13-3-14-22(19)20/h9-12,15-16,22H,2-8,13-14H2,1H3/t15-,16-. The summed E-state index contributed by atoms with van der Waals surface area (Å²) in [6.07, 6.45) is 9.20. The second-order valence-electron chi connectivity index (χ2n) is 6.46. The second-order valence-corrected chi connectivity index (χ2v) is 11.6. The molecule has 1 fully saturated rings. The molecule has 124 valence electrons. The highest BCUT2D eigenvalue weighted by atomic mass is 35.7. The van der Waals surface area contributed by atoms with E-state index in [1.54, 1.807) is 0 Å². The van der Waals surface area contributed by atoms with Gasteiger partial charge in [-0.05, 0) is 67.7 Å². The molecule has 2 rings (SSSR count). The van der Waals surface area contributed by atoms with Crippen LogP contribution in [0.2, 0.25) is 6.04 Å². The van der Waals surface area contributed by atoms with E-state index in [1.807, 2.05) is 0 Å². The van der Waals surface area contributed by atoms with Crippen LogP contribution in [-0.4, -0.2) is 14.0 Å². The maximum atomic E-state index is 5.85. The zero-order valence-corrected chi connectivity index (χ0v) is 16.2. The first-order valence-electron chi connectivity index (χ1n) is 8.70. The number of hydrogen-bond donors (Lipinski definition) is 0. The highest BCUT2D eigenvalue weighted by molar-refractivity contribution is 7.33. The van der Waals surface area contributed by atoms with E-state index in [1.165, 1.54) is 44.1 Å². The summed E-state index contributed by atoms with van der Waals surface area (Å²) in [5.74, 6) is 2.69. The van der Waals surface area contributed by atoms with Gasteiger partial charge in [-0.1, -0.05) is 31.9 Å². The van der Waals surface area contributed by atoms with Gasteiger partial charge in [0.05, 0.1) is 6.61 Å². The molecule has 22 heavy (non-hydrogen) atoms. The Morgan fingerprint density at radius 1 is 1.09 bits per heavy atom. The zero-order chi connectivity index (χ0) is 15.8. The molecule has 0 radical (unpaired) electrons. The summed E-state index contributed by atoms with van der Waals surface area (Å²) in [5.41, 5.74) is 1.48. The Morgan fingerprint density at radius 2 is 1.77 bits per heavy atom. The molecule has 4 heteroatoms. The van der Waals surface area contributed by atoms with Gasteiger partial charge in [-0.2, -0.15) is 22.2 Å². The van der Waals surface area contributed by atoms with Crippen LogP contribution in [0.3, 0.4) is 0 Å². The van der Waals surface area contributed by atoms with Crippen LogP contribution >= 0.6 is 22.2 Å². The summed E-state index contributed by atoms with van der Waals surface area (Å²) in [7, 11) is -1.47. The fourth-order valence-corrected chi connectivity index (χ4v) is 4.86. The largest absolute Gasteiger partial charge is 0.494 e. The van der Waals surface area contributed by atoms with Gasteiger partial charge in [-0.3, -0.25) is 0 Å². The predicted octanol–water partition coefficient (Wildman–Crippen LogP) is 6.23. The third-order valence-electron chi connectivity index (χ3n) is 4.73. The minimum Gasteiger partial charge on any atom is -0.494 e. The maximum absolute atomic E-state index is 5.85. The zero-order valence-electron chi connectivity index (χ0n) is 13.6. The minimum atomic E-state index is -1.47. The molecule has 0 unspecified atom stereocenters. The molecular formula is C18H28Cl2OSi. The topological polar surface area (TPSA) is 9.23 Å². The first kappa shape index (κ1) is 18.2. The first-order chi connectivity index (χ1) is 10.7. The van der Waals surface area contributed by atoms with Crippen LogP contribution in [0.4, 0.5) is 0 Å². The molecule has 0 saturated heterocycles. The van der Waals surface area contributed by atoms with Crippen molar-refractivity contribution < 1.29 is 4.74 Å². The molecular weight excluding hydrogens is 331 g/mol. The van der Waals surface area contributed by atoms with Gasteiger partial charge in [0.1, 0.15) is 5.75 Å². The van der Waals surface area contributed by atoms with Crippen LogP contribution in [0.5, 0.6) is 5.75 Å². The summed E-state index contributed by atoms with van der Waals surface area (Å²) in [5, 5.41) is 0. The highest BCUT2D eigenvalue weighted by Gasteiger charge is 2.21. The average Bonchev–Trinajstić information content (AvgIpc) is 2.53. The second kappa shape index (κ2) is 9.84. The fraction of sp³-hybridized carbons (Fsp3) is 0.667. The van der Waals surface area contributed by atoms with Crippen LogP contribution in [-0.2, 0) is 0 Å². The van der Waals surface area contributed by atoms with Gasteiger partial charge >= 0.3 is 0 Å². The lowest BCUT2D eigenvalue weighted by Crippen LogP contribution is -2.13. The van der Waals surface area contributed by atoms with Crippen molar-refractivity contribution in [3.8, 4) is 5.75 Å². The lowest BCUT2D eigenvalue weighted by molar-refractivity contribution is 0.306. The lowest BCUT2D eigenvalue weighted by Gasteiger charge is -2.28. The van der Waals surface area contributed by atoms with Crippen LogP contribution < -0.4 is 4.74 Å². The summed E-state index contributed by atoms with van der Waals surface area (Å²) in [6.45, 7) is 3.01. The molecule has 1 nitrogen and oxygen atoms in total. The first-order valence-corrected chi connectivity index (χ1v) is 13.0. The van der Waals surface area contributed by atoms with Gasteiger partial charge in [0.15, 0.2) is 0 Å². The molecule has 0 spiro atoms. The average molecular weight is 359 g/mol. The van der Waals surface area contributed by atoms with Gasteiger partial charge in [-0.15, -0.1) is 0 Å². The number of rotatable bonds is 8.